The van der Waals surface area contributed by atoms with Crippen LogP contribution in [0.4, 0.5) is 0 Å². The van der Waals surface area contributed by atoms with E-state index in [-0.39, 0.29) is 21.7 Å². The maximum Gasteiger partial charge on any atom is 0.218 e. The molecule has 0 saturated carbocycles. The number of hydrogen-bond donors (Lipinski definition) is 2. The molecule has 31 heavy (non-hydrogen) atoms. The number of benzene rings is 2. The van der Waals surface area contributed by atoms with Crippen molar-refractivity contribution in [3.8, 4) is 0 Å². The molecule has 2 heteroatoms. The minimum absolute atomic E-state index is 0.244. The molecule has 0 saturated heterocycles. The fourth-order valence-corrected chi connectivity index (χ4v) is 4.48. The van der Waals surface area contributed by atoms with Crippen LogP contribution in [0.5, 0.6) is 0 Å². The fourth-order valence-electron chi connectivity index (χ4n) is 4.48. The minimum atomic E-state index is -2.13. The predicted octanol–water partition coefficient (Wildman–Crippen LogP) is 7.06. The summed E-state index contributed by atoms with van der Waals surface area (Å²) < 4.78 is 0. The van der Waals surface area contributed by atoms with E-state index in [0.717, 1.165) is 22.3 Å². The molecule has 0 bridgehead atoms. The van der Waals surface area contributed by atoms with Crippen LogP contribution in [0.25, 0.3) is 0 Å². The highest BCUT2D eigenvalue weighted by Gasteiger charge is 2.43. The van der Waals surface area contributed by atoms with Gasteiger partial charge in [0.1, 0.15) is 0 Å². The van der Waals surface area contributed by atoms with Crippen molar-refractivity contribution in [1.29, 1.82) is 0 Å². The quantitative estimate of drug-likeness (QED) is 0.506. The van der Waals surface area contributed by atoms with Crippen molar-refractivity contribution in [3.63, 3.8) is 0 Å². The zero-order chi connectivity index (χ0) is 24.2. The number of hydrogen-bond acceptors (Lipinski definition) is 2. The van der Waals surface area contributed by atoms with Gasteiger partial charge in [0.25, 0.3) is 0 Å². The van der Waals surface area contributed by atoms with Gasteiger partial charge in [-0.3, -0.25) is 0 Å². The van der Waals surface area contributed by atoms with E-state index in [1.807, 2.05) is 36.4 Å². The highest BCUT2D eigenvalue weighted by molar-refractivity contribution is 5.55. The van der Waals surface area contributed by atoms with Crippen molar-refractivity contribution in [2.45, 2.75) is 111 Å². The first-order valence-electron chi connectivity index (χ1n) is 11.4. The van der Waals surface area contributed by atoms with Gasteiger partial charge < -0.3 is 10.2 Å². The van der Waals surface area contributed by atoms with Gasteiger partial charge >= 0.3 is 0 Å². The molecule has 0 atom stereocenters. The van der Waals surface area contributed by atoms with Crippen LogP contribution in [0, 0.1) is 0 Å². The lowest BCUT2D eigenvalue weighted by atomic mass is 9.68. The average molecular weight is 425 g/mol. The lowest BCUT2D eigenvalue weighted by Gasteiger charge is -2.40. The summed E-state index contributed by atoms with van der Waals surface area (Å²) in [5.41, 5.74) is 4.13. The molecule has 0 unspecified atom stereocenters. The van der Waals surface area contributed by atoms with Crippen molar-refractivity contribution < 1.29 is 10.2 Å². The molecule has 0 aliphatic carbocycles. The summed E-state index contributed by atoms with van der Waals surface area (Å²) in [5, 5.41) is 24.4. The average Bonchev–Trinajstić information content (AvgIpc) is 2.57. The molecule has 0 aliphatic heterocycles. The van der Waals surface area contributed by atoms with Gasteiger partial charge in [0.05, 0.1) is 0 Å². The Balaban J connectivity index is 3.12. The summed E-state index contributed by atoms with van der Waals surface area (Å²) in [6.45, 7) is 25.6. The third-order valence-corrected chi connectivity index (χ3v) is 6.06. The monoisotopic (exact) mass is 424 g/mol. The van der Waals surface area contributed by atoms with E-state index in [1.54, 1.807) is 0 Å². The third-order valence-electron chi connectivity index (χ3n) is 6.06. The molecule has 0 heterocycles. The van der Waals surface area contributed by atoms with Crippen LogP contribution in [0.15, 0.2) is 36.4 Å². The van der Waals surface area contributed by atoms with Gasteiger partial charge in [-0.2, -0.15) is 0 Å². The summed E-state index contributed by atoms with van der Waals surface area (Å²) in [4.78, 5) is 0. The lowest BCUT2D eigenvalue weighted by Crippen LogP contribution is -2.39. The molecular weight excluding hydrogens is 380 g/mol. The van der Waals surface area contributed by atoms with E-state index >= 15 is 0 Å². The van der Waals surface area contributed by atoms with Crippen molar-refractivity contribution in [1.82, 2.24) is 0 Å². The largest absolute Gasteiger partial charge is 0.358 e. The maximum atomic E-state index is 12.2. The van der Waals surface area contributed by atoms with Gasteiger partial charge in [-0.1, -0.05) is 119 Å². The first-order chi connectivity index (χ1) is 13.7. The lowest BCUT2D eigenvalue weighted by molar-refractivity contribution is -0.136. The van der Waals surface area contributed by atoms with Crippen molar-refractivity contribution >= 4 is 0 Å². The molecule has 0 aromatic heterocycles. The Morgan fingerprint density at radius 3 is 0.774 bits per heavy atom. The molecule has 0 amide bonds. The molecule has 0 spiro atoms. The normalized spacial score (nSPS) is 14.1. The second-order valence-electron chi connectivity index (χ2n) is 13.1. The summed E-state index contributed by atoms with van der Waals surface area (Å²) in [7, 11) is 0. The molecular formula is C29H44O2. The van der Waals surface area contributed by atoms with Crippen LogP contribution in [0.3, 0.4) is 0 Å². The van der Waals surface area contributed by atoms with Crippen LogP contribution in [0.2, 0.25) is 0 Å². The molecule has 2 N–H and O–H groups in total. The van der Waals surface area contributed by atoms with Gasteiger partial charge in [-0.15, -0.1) is 0 Å². The second kappa shape index (κ2) is 7.74. The molecule has 2 aromatic rings. The molecule has 2 rings (SSSR count). The number of aliphatic hydroxyl groups is 2. The number of rotatable bonds is 2. The smallest absolute Gasteiger partial charge is 0.218 e. The Morgan fingerprint density at radius 2 is 0.613 bits per heavy atom. The highest BCUT2D eigenvalue weighted by Crippen LogP contribution is 2.46. The van der Waals surface area contributed by atoms with Gasteiger partial charge in [-0.05, 0) is 43.9 Å². The predicted molar refractivity (Wildman–Crippen MR) is 133 cm³/mol. The van der Waals surface area contributed by atoms with Crippen LogP contribution < -0.4 is 0 Å². The zero-order valence-electron chi connectivity index (χ0n) is 21.9. The Bertz CT molecular complexity index is 795. The van der Waals surface area contributed by atoms with Gasteiger partial charge in [0.2, 0.25) is 5.79 Å². The maximum absolute atomic E-state index is 12.2. The summed E-state index contributed by atoms with van der Waals surface area (Å²) >= 11 is 0. The fraction of sp³-hybridized carbons (Fsp3) is 0.586. The zero-order valence-corrected chi connectivity index (χ0v) is 21.9. The Kier molecular flexibility index (Phi) is 6.40. The van der Waals surface area contributed by atoms with Crippen molar-refractivity contribution in [2.75, 3.05) is 0 Å². The van der Waals surface area contributed by atoms with E-state index in [2.05, 4.69) is 83.1 Å². The van der Waals surface area contributed by atoms with Gasteiger partial charge in [-0.25, -0.2) is 0 Å². The minimum Gasteiger partial charge on any atom is -0.358 e. The standard InChI is InChI=1S/C29H44O2/c1-25(2,3)19-15-13-16-20(26(4,5)6)23(19)29(30,31)24-21(27(7,8)9)17-14-18-22(24)28(10,11)12/h13-18,30-31H,1-12H3. The van der Waals surface area contributed by atoms with Crippen molar-refractivity contribution in [2.24, 2.45) is 0 Å². The molecule has 0 aliphatic rings. The van der Waals surface area contributed by atoms with Crippen LogP contribution in [-0.4, -0.2) is 10.2 Å². The Morgan fingerprint density at radius 1 is 0.419 bits per heavy atom. The summed E-state index contributed by atoms with van der Waals surface area (Å²) in [6.07, 6.45) is 0. The topological polar surface area (TPSA) is 40.5 Å². The summed E-state index contributed by atoms with van der Waals surface area (Å²) in [5.74, 6) is -2.13. The van der Waals surface area contributed by atoms with E-state index in [9.17, 15) is 10.2 Å². The van der Waals surface area contributed by atoms with E-state index < -0.39 is 5.79 Å². The van der Waals surface area contributed by atoms with Crippen LogP contribution >= 0.6 is 0 Å². The molecule has 172 valence electrons. The van der Waals surface area contributed by atoms with Crippen molar-refractivity contribution in [3.05, 3.63) is 69.8 Å². The molecule has 2 aromatic carbocycles. The molecule has 2 nitrogen and oxygen atoms in total. The van der Waals surface area contributed by atoms with Crippen LogP contribution in [0.1, 0.15) is 116 Å². The van der Waals surface area contributed by atoms with E-state index in [1.165, 1.54) is 0 Å². The Hall–Kier alpha value is -1.64. The first-order valence-corrected chi connectivity index (χ1v) is 11.4. The van der Waals surface area contributed by atoms with E-state index in [0.29, 0.717) is 11.1 Å². The second-order valence-corrected chi connectivity index (χ2v) is 13.1. The molecule has 0 radical (unpaired) electrons. The van der Waals surface area contributed by atoms with Crippen LogP contribution in [-0.2, 0) is 27.4 Å². The molecule has 0 fully saturated rings. The van der Waals surface area contributed by atoms with Gasteiger partial charge in [0, 0.05) is 11.1 Å². The van der Waals surface area contributed by atoms with E-state index in [4.69, 9.17) is 0 Å². The highest BCUT2D eigenvalue weighted by atomic mass is 16.5. The SMILES string of the molecule is CC(C)(C)c1cccc(C(C)(C)C)c1C(O)(O)c1c(C(C)(C)C)cccc1C(C)(C)C. The van der Waals surface area contributed by atoms with Gasteiger partial charge in [0.15, 0.2) is 0 Å². The third kappa shape index (κ3) is 5.07. The summed E-state index contributed by atoms with van der Waals surface area (Å²) in [6, 6.07) is 12.3. The Labute approximate surface area is 190 Å². The first kappa shape index (κ1) is 25.6.